The molecular formula is C23H28N6O. The highest BCUT2D eigenvalue weighted by Crippen LogP contribution is 2.31. The van der Waals surface area contributed by atoms with Gasteiger partial charge in [0.05, 0.1) is 24.0 Å². The summed E-state index contributed by atoms with van der Waals surface area (Å²) in [5, 5.41) is 5.71. The number of hydrogen-bond donors (Lipinski definition) is 1. The fourth-order valence-corrected chi connectivity index (χ4v) is 4.72. The summed E-state index contributed by atoms with van der Waals surface area (Å²) < 4.78 is 9.31. The van der Waals surface area contributed by atoms with Crippen molar-refractivity contribution in [3.63, 3.8) is 0 Å². The van der Waals surface area contributed by atoms with Crippen molar-refractivity contribution < 1.29 is 4.74 Å². The van der Waals surface area contributed by atoms with Crippen LogP contribution in [-0.4, -0.2) is 44.3 Å². The normalized spacial score (nSPS) is 17.8. The summed E-state index contributed by atoms with van der Waals surface area (Å²) >= 11 is 0. The molecule has 1 fully saturated rings. The number of hydrogen-bond acceptors (Lipinski definition) is 5. The molecule has 1 aliphatic heterocycles. The van der Waals surface area contributed by atoms with Crippen molar-refractivity contribution in [3.05, 3.63) is 53.5 Å². The number of methoxy groups -OCH3 is 1. The Morgan fingerprint density at radius 3 is 2.93 bits per heavy atom. The number of aromatic nitrogens is 4. The first-order valence-corrected chi connectivity index (χ1v) is 10.5. The molecule has 2 N–H and O–H groups in total. The fraction of sp³-hybridized carbons (Fsp3) is 0.391. The number of fused-ring (bicyclic) bond motifs is 2. The van der Waals surface area contributed by atoms with E-state index in [-0.39, 0.29) is 0 Å². The molecule has 7 nitrogen and oxygen atoms in total. The van der Waals surface area contributed by atoms with Crippen molar-refractivity contribution in [1.82, 2.24) is 24.1 Å². The molecule has 0 amide bonds. The van der Waals surface area contributed by atoms with E-state index in [4.69, 9.17) is 15.5 Å². The van der Waals surface area contributed by atoms with Crippen LogP contribution in [0.4, 0.5) is 5.82 Å². The van der Waals surface area contributed by atoms with Crippen molar-refractivity contribution >= 4 is 22.4 Å². The van der Waals surface area contributed by atoms with E-state index < -0.39 is 0 Å². The van der Waals surface area contributed by atoms with E-state index >= 15 is 0 Å². The van der Waals surface area contributed by atoms with Crippen LogP contribution in [0.2, 0.25) is 0 Å². The maximum absolute atomic E-state index is 6.26. The number of anilines is 1. The maximum Gasteiger partial charge on any atom is 0.157 e. The summed E-state index contributed by atoms with van der Waals surface area (Å²) in [6.45, 7) is 4.99. The Morgan fingerprint density at radius 2 is 2.10 bits per heavy atom. The van der Waals surface area contributed by atoms with Crippen LogP contribution in [0.15, 0.2) is 36.5 Å². The van der Waals surface area contributed by atoms with Gasteiger partial charge in [0.1, 0.15) is 11.6 Å². The lowest BCUT2D eigenvalue weighted by molar-refractivity contribution is 0.199. The summed E-state index contributed by atoms with van der Waals surface area (Å²) in [6.07, 6.45) is 4.54. The van der Waals surface area contributed by atoms with Crippen molar-refractivity contribution in [2.75, 3.05) is 25.9 Å². The number of nitrogen functional groups attached to an aromatic ring is 1. The molecule has 1 aliphatic rings. The predicted octanol–water partition coefficient (Wildman–Crippen LogP) is 3.50. The zero-order valence-corrected chi connectivity index (χ0v) is 17.8. The van der Waals surface area contributed by atoms with Gasteiger partial charge in [-0.2, -0.15) is 9.61 Å². The quantitative estimate of drug-likeness (QED) is 0.564. The number of likely N-dealkylation sites (tertiary alicyclic amines) is 1. The van der Waals surface area contributed by atoms with E-state index in [1.807, 2.05) is 25.1 Å². The molecule has 4 aromatic rings. The fourth-order valence-electron chi connectivity index (χ4n) is 4.72. The van der Waals surface area contributed by atoms with Crippen molar-refractivity contribution in [2.24, 2.45) is 7.05 Å². The van der Waals surface area contributed by atoms with E-state index in [1.54, 1.807) is 11.6 Å². The minimum Gasteiger partial charge on any atom is -0.497 e. The van der Waals surface area contributed by atoms with Gasteiger partial charge in [-0.15, -0.1) is 0 Å². The summed E-state index contributed by atoms with van der Waals surface area (Å²) in [5.74, 6) is 1.93. The maximum atomic E-state index is 6.26. The lowest BCUT2D eigenvalue weighted by atomic mass is 9.94. The molecule has 0 bridgehead atoms. The van der Waals surface area contributed by atoms with Crippen LogP contribution in [0, 0.1) is 6.92 Å². The largest absolute Gasteiger partial charge is 0.497 e. The molecule has 0 saturated carbocycles. The Balaban J connectivity index is 1.39. The summed E-state index contributed by atoms with van der Waals surface area (Å²) in [4.78, 5) is 7.41. The van der Waals surface area contributed by atoms with Crippen LogP contribution >= 0.6 is 0 Å². The van der Waals surface area contributed by atoms with Gasteiger partial charge in [0.15, 0.2) is 5.65 Å². The lowest BCUT2D eigenvalue weighted by Crippen LogP contribution is -2.34. The Hall–Kier alpha value is -3.06. The van der Waals surface area contributed by atoms with Crippen LogP contribution in [0.3, 0.4) is 0 Å². The molecule has 0 spiro atoms. The lowest BCUT2D eigenvalue weighted by Gasteiger charge is -2.32. The number of rotatable bonds is 4. The first-order chi connectivity index (χ1) is 14.5. The third-order valence-corrected chi connectivity index (χ3v) is 6.19. The molecule has 1 saturated heterocycles. The second kappa shape index (κ2) is 7.32. The average molecular weight is 405 g/mol. The van der Waals surface area contributed by atoms with Crippen molar-refractivity contribution in [3.8, 4) is 5.75 Å². The Kier molecular flexibility index (Phi) is 4.62. The molecule has 156 valence electrons. The third kappa shape index (κ3) is 3.29. The number of ether oxygens (including phenoxy) is 1. The van der Waals surface area contributed by atoms with Gasteiger partial charge in [0, 0.05) is 55.8 Å². The summed E-state index contributed by atoms with van der Waals surface area (Å²) in [7, 11) is 3.81. The zero-order valence-electron chi connectivity index (χ0n) is 17.8. The molecule has 1 aromatic carbocycles. The van der Waals surface area contributed by atoms with Gasteiger partial charge in [0.2, 0.25) is 0 Å². The first kappa shape index (κ1) is 18.9. The highest BCUT2D eigenvalue weighted by atomic mass is 16.5. The van der Waals surface area contributed by atoms with E-state index in [1.165, 1.54) is 16.5 Å². The number of nitrogens with two attached hydrogens (primary N) is 1. The smallest absolute Gasteiger partial charge is 0.157 e. The predicted molar refractivity (Wildman–Crippen MR) is 119 cm³/mol. The number of aryl methyl sites for hydroxylation is 2. The van der Waals surface area contributed by atoms with Gasteiger partial charge in [-0.3, -0.25) is 4.90 Å². The molecule has 1 atom stereocenters. The SMILES string of the molecule is COc1ccc2c(CN3CCCC(c4cc(N)n5nc(C)cc5n4)C3)cn(C)c2c1. The van der Waals surface area contributed by atoms with E-state index in [0.29, 0.717) is 11.7 Å². The minimum absolute atomic E-state index is 0.385. The molecule has 3 aromatic heterocycles. The topological polar surface area (TPSA) is 73.6 Å². The van der Waals surface area contributed by atoms with Crippen LogP contribution in [0.1, 0.15) is 35.7 Å². The van der Waals surface area contributed by atoms with Gasteiger partial charge in [-0.05, 0) is 44.0 Å². The summed E-state index contributed by atoms with van der Waals surface area (Å²) in [5.41, 5.74) is 11.7. The minimum atomic E-state index is 0.385. The van der Waals surface area contributed by atoms with Gasteiger partial charge in [-0.1, -0.05) is 0 Å². The highest BCUT2D eigenvalue weighted by Gasteiger charge is 2.24. The van der Waals surface area contributed by atoms with Crippen molar-refractivity contribution in [1.29, 1.82) is 0 Å². The Bertz CT molecular complexity index is 1220. The van der Waals surface area contributed by atoms with Crippen molar-refractivity contribution in [2.45, 2.75) is 32.2 Å². The summed E-state index contributed by atoms with van der Waals surface area (Å²) in [6, 6.07) is 10.3. The molecule has 4 heterocycles. The van der Waals surface area contributed by atoms with E-state index in [9.17, 15) is 0 Å². The highest BCUT2D eigenvalue weighted by molar-refractivity contribution is 5.85. The van der Waals surface area contributed by atoms with Crippen LogP contribution in [0.5, 0.6) is 5.75 Å². The monoisotopic (exact) mass is 404 g/mol. The van der Waals surface area contributed by atoms with Crippen LogP contribution in [-0.2, 0) is 13.6 Å². The molecule has 0 radical (unpaired) electrons. The second-order valence-corrected chi connectivity index (χ2v) is 8.38. The molecule has 0 aliphatic carbocycles. The van der Waals surface area contributed by atoms with Crippen LogP contribution < -0.4 is 10.5 Å². The number of nitrogens with zero attached hydrogens (tertiary/aromatic N) is 5. The van der Waals surface area contributed by atoms with Gasteiger partial charge < -0.3 is 15.0 Å². The standard InChI is InChI=1S/C23H28N6O/c1-15-9-23-25-20(11-22(24)29(23)26-15)16-5-4-8-28(13-16)14-17-12-27(2)21-10-18(30-3)6-7-19(17)21/h6-7,9-12,16H,4-5,8,13-14,24H2,1-3H3. The molecule has 1 unspecified atom stereocenters. The molecule has 30 heavy (non-hydrogen) atoms. The average Bonchev–Trinajstić information content (AvgIpc) is 3.27. The Labute approximate surface area is 176 Å². The van der Waals surface area contributed by atoms with Gasteiger partial charge >= 0.3 is 0 Å². The molecule has 7 heteroatoms. The first-order valence-electron chi connectivity index (χ1n) is 10.5. The zero-order chi connectivity index (χ0) is 20.8. The van der Waals surface area contributed by atoms with E-state index in [0.717, 1.165) is 55.3 Å². The molecule has 5 rings (SSSR count). The molecular weight excluding hydrogens is 376 g/mol. The van der Waals surface area contributed by atoms with E-state index in [2.05, 4.69) is 39.9 Å². The number of piperidine rings is 1. The van der Waals surface area contributed by atoms with Gasteiger partial charge in [0.25, 0.3) is 0 Å². The van der Waals surface area contributed by atoms with Gasteiger partial charge in [-0.25, -0.2) is 4.98 Å². The second-order valence-electron chi connectivity index (χ2n) is 8.38. The Morgan fingerprint density at radius 1 is 1.23 bits per heavy atom. The van der Waals surface area contributed by atoms with Crippen LogP contribution in [0.25, 0.3) is 16.6 Å². The third-order valence-electron chi connectivity index (χ3n) is 6.19. The number of benzene rings is 1.